The summed E-state index contributed by atoms with van der Waals surface area (Å²) < 4.78 is 39.8. The Labute approximate surface area is 146 Å². The molecule has 6 heteroatoms. The first-order chi connectivity index (χ1) is 11.4. The van der Waals surface area contributed by atoms with Crippen molar-refractivity contribution in [2.45, 2.75) is 58.0 Å². The van der Waals surface area contributed by atoms with Crippen LogP contribution in [0.4, 0.5) is 13.2 Å². The Balaban J connectivity index is 2.19. The quantitative estimate of drug-likeness (QED) is 0.421. The summed E-state index contributed by atoms with van der Waals surface area (Å²) >= 11 is 5.90. The fourth-order valence-electron chi connectivity index (χ4n) is 3.04. The van der Waals surface area contributed by atoms with Gasteiger partial charge in [0.05, 0.1) is 11.3 Å². The summed E-state index contributed by atoms with van der Waals surface area (Å²) in [6.45, 7) is 2.36. The van der Waals surface area contributed by atoms with Crippen LogP contribution in [0.5, 0.6) is 0 Å². The monoisotopic (exact) mass is 361 g/mol. The van der Waals surface area contributed by atoms with Gasteiger partial charge in [-0.3, -0.25) is 0 Å². The molecule has 24 heavy (non-hydrogen) atoms. The predicted octanol–water partition coefficient (Wildman–Crippen LogP) is 6.46. The molecule has 0 radical (unpaired) electrons. The molecule has 1 aliphatic carbocycles. The molecule has 1 saturated carbocycles. The van der Waals surface area contributed by atoms with E-state index < -0.39 is 11.7 Å². The molecule has 0 bridgehead atoms. The van der Waals surface area contributed by atoms with Crippen LogP contribution in [-0.4, -0.2) is 12.3 Å². The first-order valence-electron chi connectivity index (χ1n) is 8.47. The van der Waals surface area contributed by atoms with Gasteiger partial charge in [0.25, 0.3) is 0 Å². The summed E-state index contributed by atoms with van der Waals surface area (Å²) in [6, 6.07) is 3.58. The molecule has 0 N–H and O–H groups in total. The molecule has 0 aliphatic heterocycles. The van der Waals surface area contributed by atoms with Gasteiger partial charge in [0.15, 0.2) is 0 Å². The Kier molecular flexibility index (Phi) is 6.96. The normalized spacial score (nSPS) is 17.1. The van der Waals surface area contributed by atoms with Crippen LogP contribution in [0.2, 0.25) is 5.02 Å². The zero-order chi connectivity index (χ0) is 17.6. The van der Waals surface area contributed by atoms with Gasteiger partial charge in [-0.05, 0) is 43.4 Å². The first-order valence-corrected chi connectivity index (χ1v) is 8.85. The fourth-order valence-corrected chi connectivity index (χ4v) is 3.22. The second-order valence-electron chi connectivity index (χ2n) is 6.28. The minimum atomic E-state index is -4.45. The Bertz CT molecular complexity index is 566. The van der Waals surface area contributed by atoms with Crippen LogP contribution in [-0.2, 0) is 11.0 Å². The highest BCUT2D eigenvalue weighted by Crippen LogP contribution is 2.34. The lowest BCUT2D eigenvalue weighted by molar-refractivity contribution is -0.137. The van der Waals surface area contributed by atoms with Crippen LogP contribution in [0.1, 0.15) is 63.0 Å². The zero-order valence-electron chi connectivity index (χ0n) is 13.8. The molecule has 2 rings (SSSR count). The molecule has 1 aromatic carbocycles. The van der Waals surface area contributed by atoms with Gasteiger partial charge < -0.3 is 4.84 Å². The van der Waals surface area contributed by atoms with E-state index in [1.807, 2.05) is 6.92 Å². The topological polar surface area (TPSA) is 21.6 Å². The molecule has 0 heterocycles. The Morgan fingerprint density at radius 1 is 1.25 bits per heavy atom. The number of nitrogens with zero attached hydrogens (tertiary/aromatic N) is 1. The van der Waals surface area contributed by atoms with E-state index in [2.05, 4.69) is 5.16 Å². The summed E-state index contributed by atoms with van der Waals surface area (Å²) in [6.07, 6.45) is 2.46. The van der Waals surface area contributed by atoms with Gasteiger partial charge >= 0.3 is 6.18 Å². The lowest BCUT2D eigenvalue weighted by Gasteiger charge is -2.20. The summed E-state index contributed by atoms with van der Waals surface area (Å²) in [7, 11) is 0. The van der Waals surface area contributed by atoms with E-state index in [0.717, 1.165) is 18.9 Å². The van der Waals surface area contributed by atoms with Crippen molar-refractivity contribution in [1.82, 2.24) is 0 Å². The van der Waals surface area contributed by atoms with Crippen molar-refractivity contribution >= 4 is 17.3 Å². The molecular weight excluding hydrogens is 339 g/mol. The van der Waals surface area contributed by atoms with Crippen molar-refractivity contribution < 1.29 is 18.0 Å². The van der Waals surface area contributed by atoms with Gasteiger partial charge in [-0.2, -0.15) is 13.2 Å². The van der Waals surface area contributed by atoms with Crippen LogP contribution in [0, 0.1) is 5.92 Å². The van der Waals surface area contributed by atoms with Crippen molar-refractivity contribution in [3.63, 3.8) is 0 Å². The Hall–Kier alpha value is -1.23. The van der Waals surface area contributed by atoms with E-state index in [9.17, 15) is 13.2 Å². The van der Waals surface area contributed by atoms with Gasteiger partial charge in [-0.1, -0.05) is 49.4 Å². The van der Waals surface area contributed by atoms with Crippen LogP contribution in [0.25, 0.3) is 0 Å². The SMILES string of the molecule is CCC/C(=N\OCC1CCCCC1)c1cc(Cl)ccc1C(F)(F)F. The van der Waals surface area contributed by atoms with Gasteiger partial charge in [0.2, 0.25) is 0 Å². The van der Waals surface area contributed by atoms with Gasteiger partial charge in [-0.25, -0.2) is 0 Å². The third kappa shape index (κ3) is 5.40. The maximum Gasteiger partial charge on any atom is 0.417 e. The number of oxime groups is 1. The second-order valence-corrected chi connectivity index (χ2v) is 6.71. The predicted molar refractivity (Wildman–Crippen MR) is 90.4 cm³/mol. The third-order valence-electron chi connectivity index (χ3n) is 4.29. The number of benzene rings is 1. The average Bonchev–Trinajstić information content (AvgIpc) is 2.54. The number of halogens is 4. The van der Waals surface area contributed by atoms with Gasteiger partial charge in [0.1, 0.15) is 6.61 Å². The molecule has 0 aromatic heterocycles. The van der Waals surface area contributed by atoms with Gasteiger partial charge in [0, 0.05) is 10.6 Å². The standard InChI is InChI=1S/C18H23ClF3NO/c1-2-6-17(23-24-12-13-7-4-3-5-8-13)15-11-14(19)9-10-16(15)18(20,21)22/h9-11,13H,2-8,12H2,1H3/b23-17+. The summed E-state index contributed by atoms with van der Waals surface area (Å²) in [5, 5.41) is 4.31. The number of alkyl halides is 3. The van der Waals surface area contributed by atoms with Crippen molar-refractivity contribution in [3.8, 4) is 0 Å². The lowest BCUT2D eigenvalue weighted by Crippen LogP contribution is -2.15. The Morgan fingerprint density at radius 3 is 2.58 bits per heavy atom. The van der Waals surface area contributed by atoms with E-state index in [4.69, 9.17) is 16.4 Å². The molecule has 1 aliphatic rings. The molecule has 0 unspecified atom stereocenters. The molecular formula is C18H23ClF3NO. The second kappa shape index (κ2) is 8.75. The van der Waals surface area contributed by atoms with Crippen molar-refractivity contribution in [1.29, 1.82) is 0 Å². The van der Waals surface area contributed by atoms with Crippen molar-refractivity contribution in [3.05, 3.63) is 34.3 Å². The average molecular weight is 362 g/mol. The van der Waals surface area contributed by atoms with Gasteiger partial charge in [-0.15, -0.1) is 0 Å². The van der Waals surface area contributed by atoms with Crippen LogP contribution < -0.4 is 0 Å². The first kappa shape index (κ1) is 19.1. The van der Waals surface area contributed by atoms with E-state index in [0.29, 0.717) is 31.1 Å². The highest BCUT2D eigenvalue weighted by Gasteiger charge is 2.34. The molecule has 1 fully saturated rings. The maximum atomic E-state index is 13.3. The minimum absolute atomic E-state index is 0.0143. The molecule has 1 aromatic rings. The fraction of sp³-hybridized carbons (Fsp3) is 0.611. The van der Waals surface area contributed by atoms with Crippen molar-refractivity contribution in [2.24, 2.45) is 11.1 Å². The molecule has 2 nitrogen and oxygen atoms in total. The van der Waals surface area contributed by atoms with E-state index >= 15 is 0 Å². The molecule has 0 saturated heterocycles. The largest absolute Gasteiger partial charge is 0.417 e. The number of hydrogen-bond acceptors (Lipinski definition) is 2. The molecule has 0 amide bonds. The number of hydrogen-bond donors (Lipinski definition) is 0. The smallest absolute Gasteiger partial charge is 0.395 e. The van der Waals surface area contributed by atoms with Crippen molar-refractivity contribution in [2.75, 3.05) is 6.61 Å². The zero-order valence-corrected chi connectivity index (χ0v) is 14.6. The Morgan fingerprint density at radius 2 is 1.96 bits per heavy atom. The van der Waals surface area contributed by atoms with Crippen LogP contribution in [0.15, 0.2) is 23.4 Å². The highest BCUT2D eigenvalue weighted by molar-refractivity contribution is 6.31. The van der Waals surface area contributed by atoms with Crippen LogP contribution >= 0.6 is 11.6 Å². The van der Waals surface area contributed by atoms with Crippen LogP contribution in [0.3, 0.4) is 0 Å². The highest BCUT2D eigenvalue weighted by atomic mass is 35.5. The summed E-state index contributed by atoms with van der Waals surface area (Å²) in [5.41, 5.74) is -0.399. The summed E-state index contributed by atoms with van der Waals surface area (Å²) in [4.78, 5) is 5.43. The molecule has 0 spiro atoms. The molecule has 0 atom stereocenters. The van der Waals surface area contributed by atoms with E-state index in [1.165, 1.54) is 31.4 Å². The van der Waals surface area contributed by atoms with E-state index in [1.54, 1.807) is 0 Å². The van der Waals surface area contributed by atoms with E-state index in [-0.39, 0.29) is 10.6 Å². The third-order valence-corrected chi connectivity index (χ3v) is 4.53. The minimum Gasteiger partial charge on any atom is -0.395 e. The summed E-state index contributed by atoms with van der Waals surface area (Å²) in [5.74, 6) is 0.451. The number of rotatable bonds is 6. The lowest BCUT2D eigenvalue weighted by atomic mass is 9.90. The molecule has 134 valence electrons. The maximum absolute atomic E-state index is 13.3.